The number of benzene rings is 1. The van der Waals surface area contributed by atoms with Crippen LogP contribution in [0.4, 0.5) is 17.1 Å². The molecule has 0 unspecified atom stereocenters. The summed E-state index contributed by atoms with van der Waals surface area (Å²) in [6, 6.07) is 5.69. The fourth-order valence-corrected chi connectivity index (χ4v) is 2.05. The van der Waals surface area contributed by atoms with Gasteiger partial charge in [-0.2, -0.15) is 5.10 Å². The molecule has 2 rings (SSSR count). The predicted octanol–water partition coefficient (Wildman–Crippen LogP) is 3.10. The molecule has 0 saturated carbocycles. The number of nitrogens with two attached hydrogens (primary N) is 1. The molecule has 108 valence electrons. The normalized spacial score (nSPS) is 10.6. The van der Waals surface area contributed by atoms with E-state index in [0.29, 0.717) is 12.3 Å². The maximum Gasteiger partial charge on any atom is 0.123 e. The van der Waals surface area contributed by atoms with E-state index in [-0.39, 0.29) is 0 Å². The van der Waals surface area contributed by atoms with Gasteiger partial charge in [0.2, 0.25) is 0 Å². The quantitative estimate of drug-likeness (QED) is 0.794. The van der Waals surface area contributed by atoms with Gasteiger partial charge in [0.1, 0.15) is 5.75 Å². The zero-order chi connectivity index (χ0) is 14.5. The number of rotatable bonds is 6. The van der Waals surface area contributed by atoms with Gasteiger partial charge in [-0.3, -0.25) is 4.68 Å². The molecule has 1 aromatic carbocycles. The fraction of sp³-hybridized carbons (Fsp3) is 0.400. The van der Waals surface area contributed by atoms with Gasteiger partial charge < -0.3 is 15.8 Å². The lowest BCUT2D eigenvalue weighted by Crippen LogP contribution is -1.99. The van der Waals surface area contributed by atoms with E-state index in [0.717, 1.165) is 35.7 Å². The van der Waals surface area contributed by atoms with Gasteiger partial charge in [0.25, 0.3) is 0 Å². The highest BCUT2D eigenvalue weighted by Gasteiger charge is 2.07. The van der Waals surface area contributed by atoms with Gasteiger partial charge in [-0.25, -0.2) is 0 Å². The third kappa shape index (κ3) is 3.44. The van der Waals surface area contributed by atoms with Crippen molar-refractivity contribution in [3.63, 3.8) is 0 Å². The van der Waals surface area contributed by atoms with E-state index in [2.05, 4.69) is 24.3 Å². The third-order valence-electron chi connectivity index (χ3n) is 2.92. The van der Waals surface area contributed by atoms with Crippen LogP contribution in [0.15, 0.2) is 24.4 Å². The second kappa shape index (κ2) is 6.32. The number of nitrogens with one attached hydrogen (secondary N) is 1. The van der Waals surface area contributed by atoms with Crippen molar-refractivity contribution >= 4 is 17.1 Å². The van der Waals surface area contributed by atoms with Crippen molar-refractivity contribution in [3.05, 3.63) is 30.1 Å². The number of aromatic nitrogens is 2. The number of aryl methyl sites for hydroxylation is 2. The second-order valence-corrected chi connectivity index (χ2v) is 4.78. The summed E-state index contributed by atoms with van der Waals surface area (Å²) in [5.41, 5.74) is 9.55. The van der Waals surface area contributed by atoms with Crippen LogP contribution < -0.4 is 15.8 Å². The van der Waals surface area contributed by atoms with Gasteiger partial charge in [0.15, 0.2) is 0 Å². The van der Waals surface area contributed by atoms with Crippen LogP contribution in [-0.4, -0.2) is 16.4 Å². The van der Waals surface area contributed by atoms with Crippen LogP contribution in [0, 0.1) is 0 Å². The number of hydrogen-bond acceptors (Lipinski definition) is 4. The van der Waals surface area contributed by atoms with Crippen LogP contribution in [0.1, 0.15) is 26.0 Å². The summed E-state index contributed by atoms with van der Waals surface area (Å²) in [5, 5.41) is 7.77. The minimum Gasteiger partial charge on any atom is -0.493 e. The Morgan fingerprint density at radius 2 is 2.10 bits per heavy atom. The minimum absolute atomic E-state index is 0.683. The molecule has 0 bridgehead atoms. The summed E-state index contributed by atoms with van der Waals surface area (Å²) in [5.74, 6) is 0.788. The Balaban J connectivity index is 2.21. The Hall–Kier alpha value is -2.17. The SMILES string of the molecule is CCCOc1cc(N)cc(Nc2cn(C)nc2CC)c1. The number of anilines is 3. The monoisotopic (exact) mass is 274 g/mol. The fourth-order valence-electron chi connectivity index (χ4n) is 2.05. The van der Waals surface area contributed by atoms with Gasteiger partial charge in [-0.1, -0.05) is 13.8 Å². The first kappa shape index (κ1) is 14.2. The van der Waals surface area contributed by atoms with Crippen LogP contribution >= 0.6 is 0 Å². The Morgan fingerprint density at radius 3 is 2.80 bits per heavy atom. The van der Waals surface area contributed by atoms with Gasteiger partial charge in [-0.05, 0) is 18.9 Å². The molecule has 5 heteroatoms. The van der Waals surface area contributed by atoms with Gasteiger partial charge in [0, 0.05) is 36.8 Å². The second-order valence-electron chi connectivity index (χ2n) is 4.78. The van der Waals surface area contributed by atoms with Crippen molar-refractivity contribution in [3.8, 4) is 5.75 Å². The van der Waals surface area contributed by atoms with Crippen molar-refractivity contribution in [1.82, 2.24) is 9.78 Å². The van der Waals surface area contributed by atoms with Crippen molar-refractivity contribution in [2.75, 3.05) is 17.7 Å². The molecule has 0 aliphatic carbocycles. The van der Waals surface area contributed by atoms with Crippen LogP contribution in [0.5, 0.6) is 5.75 Å². The molecule has 0 fully saturated rings. The maximum atomic E-state index is 5.92. The van der Waals surface area contributed by atoms with E-state index in [9.17, 15) is 0 Å². The molecule has 0 aliphatic rings. The van der Waals surface area contributed by atoms with Crippen molar-refractivity contribution in [2.24, 2.45) is 7.05 Å². The number of hydrogen-bond donors (Lipinski definition) is 2. The van der Waals surface area contributed by atoms with Crippen LogP contribution in [0.3, 0.4) is 0 Å². The first-order valence-electron chi connectivity index (χ1n) is 6.95. The van der Waals surface area contributed by atoms with E-state index < -0.39 is 0 Å². The van der Waals surface area contributed by atoms with Gasteiger partial charge >= 0.3 is 0 Å². The van der Waals surface area contributed by atoms with Crippen molar-refractivity contribution in [2.45, 2.75) is 26.7 Å². The molecule has 0 aliphatic heterocycles. The Bertz CT molecular complexity index is 577. The molecule has 0 saturated heterocycles. The van der Waals surface area contributed by atoms with E-state index in [1.165, 1.54) is 0 Å². The zero-order valence-corrected chi connectivity index (χ0v) is 12.3. The molecule has 1 aromatic heterocycles. The summed E-state index contributed by atoms with van der Waals surface area (Å²) in [4.78, 5) is 0. The van der Waals surface area contributed by atoms with Crippen LogP contribution in [0.25, 0.3) is 0 Å². The summed E-state index contributed by atoms with van der Waals surface area (Å²) >= 11 is 0. The summed E-state index contributed by atoms with van der Waals surface area (Å²) in [6.45, 7) is 4.85. The highest BCUT2D eigenvalue weighted by molar-refractivity contribution is 5.67. The molecule has 0 atom stereocenters. The summed E-state index contributed by atoms with van der Waals surface area (Å²) in [7, 11) is 1.92. The third-order valence-corrected chi connectivity index (χ3v) is 2.92. The highest BCUT2D eigenvalue weighted by Crippen LogP contribution is 2.27. The van der Waals surface area contributed by atoms with Gasteiger partial charge in [0.05, 0.1) is 18.0 Å². The van der Waals surface area contributed by atoms with Crippen LogP contribution in [-0.2, 0) is 13.5 Å². The largest absolute Gasteiger partial charge is 0.493 e. The molecule has 20 heavy (non-hydrogen) atoms. The average Bonchev–Trinajstić information content (AvgIpc) is 2.75. The van der Waals surface area contributed by atoms with E-state index in [1.54, 1.807) is 0 Å². The Labute approximate surface area is 119 Å². The van der Waals surface area contributed by atoms with Gasteiger partial charge in [-0.15, -0.1) is 0 Å². The maximum absolute atomic E-state index is 5.92. The topological polar surface area (TPSA) is 65.1 Å². The lowest BCUT2D eigenvalue weighted by atomic mass is 10.2. The van der Waals surface area contributed by atoms with Crippen molar-refractivity contribution < 1.29 is 4.74 Å². The molecular formula is C15H22N4O. The van der Waals surface area contributed by atoms with Crippen LogP contribution in [0.2, 0.25) is 0 Å². The number of ether oxygens (including phenoxy) is 1. The molecule has 3 N–H and O–H groups in total. The molecule has 1 heterocycles. The highest BCUT2D eigenvalue weighted by atomic mass is 16.5. The number of nitrogen functional groups attached to an aromatic ring is 1. The summed E-state index contributed by atoms with van der Waals surface area (Å²) in [6.07, 6.45) is 3.82. The average molecular weight is 274 g/mol. The Morgan fingerprint density at radius 1 is 1.30 bits per heavy atom. The molecule has 0 amide bonds. The standard InChI is InChI=1S/C15H22N4O/c1-4-6-20-13-8-11(16)7-12(9-13)17-15-10-19(3)18-14(15)5-2/h7-10,17H,4-6,16H2,1-3H3. The first-order valence-corrected chi connectivity index (χ1v) is 6.95. The molecular weight excluding hydrogens is 252 g/mol. The summed E-state index contributed by atoms with van der Waals surface area (Å²) < 4.78 is 7.44. The minimum atomic E-state index is 0.683. The predicted molar refractivity (Wildman–Crippen MR) is 82.5 cm³/mol. The molecule has 2 aromatic rings. The number of nitrogens with zero attached hydrogens (tertiary/aromatic N) is 2. The van der Waals surface area contributed by atoms with Crippen molar-refractivity contribution in [1.29, 1.82) is 0 Å². The smallest absolute Gasteiger partial charge is 0.123 e. The molecule has 0 radical (unpaired) electrons. The first-order chi connectivity index (χ1) is 9.62. The zero-order valence-electron chi connectivity index (χ0n) is 12.3. The lowest BCUT2D eigenvalue weighted by Gasteiger charge is -2.10. The molecule has 0 spiro atoms. The van der Waals surface area contributed by atoms with E-state index >= 15 is 0 Å². The molecule has 5 nitrogen and oxygen atoms in total. The van der Waals surface area contributed by atoms with E-state index in [4.69, 9.17) is 10.5 Å². The lowest BCUT2D eigenvalue weighted by molar-refractivity contribution is 0.318. The Kier molecular flexibility index (Phi) is 4.50. The van der Waals surface area contributed by atoms with E-state index in [1.807, 2.05) is 36.1 Å².